The molecule has 0 saturated heterocycles. The molecule has 0 saturated carbocycles. The molecule has 0 aliphatic rings. The first-order valence-corrected chi connectivity index (χ1v) is 5.93. The molecule has 1 aromatic rings. The highest BCUT2D eigenvalue weighted by atomic mass is 16.1. The minimum atomic E-state index is -0.0487. The van der Waals surface area contributed by atoms with Crippen LogP contribution in [0.1, 0.15) is 38.8 Å². The molecule has 2 heteroatoms. The molecule has 17 heavy (non-hydrogen) atoms. The lowest BCUT2D eigenvalue weighted by Crippen LogP contribution is -2.20. The molecule has 0 aliphatic carbocycles. The van der Waals surface area contributed by atoms with Crippen LogP contribution in [0.25, 0.3) is 0 Å². The molecular formula is C15H21NO. The number of nitrogens with one attached hydrogen (secondary N) is 1. The lowest BCUT2D eigenvalue weighted by atomic mass is 9.87. The third-order valence-electron chi connectivity index (χ3n) is 2.60. The van der Waals surface area contributed by atoms with Gasteiger partial charge in [0, 0.05) is 6.54 Å². The monoisotopic (exact) mass is 231 g/mol. The normalized spacial score (nSPS) is 11.8. The van der Waals surface area contributed by atoms with E-state index in [4.69, 9.17) is 0 Å². The SMILES string of the molecule is C/C=C/C(=O)NCc1ccc(C(C)(C)C)cc1. The zero-order chi connectivity index (χ0) is 12.9. The molecule has 0 atom stereocenters. The quantitative estimate of drug-likeness (QED) is 0.795. The molecule has 0 heterocycles. The van der Waals surface area contributed by atoms with Gasteiger partial charge in [0.05, 0.1) is 0 Å². The summed E-state index contributed by atoms with van der Waals surface area (Å²) in [5.74, 6) is -0.0487. The first-order chi connectivity index (χ1) is 7.93. The maximum absolute atomic E-state index is 11.2. The second-order valence-electron chi connectivity index (χ2n) is 5.16. The number of carbonyl (C=O) groups excluding carboxylic acids is 1. The largest absolute Gasteiger partial charge is 0.348 e. The van der Waals surface area contributed by atoms with Crippen molar-refractivity contribution in [2.24, 2.45) is 0 Å². The van der Waals surface area contributed by atoms with E-state index < -0.39 is 0 Å². The van der Waals surface area contributed by atoms with E-state index in [1.807, 2.05) is 6.92 Å². The Morgan fingerprint density at radius 3 is 2.29 bits per heavy atom. The van der Waals surface area contributed by atoms with Crippen molar-refractivity contribution in [1.29, 1.82) is 0 Å². The van der Waals surface area contributed by atoms with Gasteiger partial charge in [0.1, 0.15) is 0 Å². The maximum Gasteiger partial charge on any atom is 0.243 e. The van der Waals surface area contributed by atoms with E-state index in [-0.39, 0.29) is 11.3 Å². The summed E-state index contributed by atoms with van der Waals surface area (Å²) in [6.45, 7) is 8.98. The molecule has 2 nitrogen and oxygen atoms in total. The zero-order valence-electron chi connectivity index (χ0n) is 11.1. The van der Waals surface area contributed by atoms with Crippen molar-refractivity contribution in [3.63, 3.8) is 0 Å². The van der Waals surface area contributed by atoms with Gasteiger partial charge in [0.15, 0.2) is 0 Å². The lowest BCUT2D eigenvalue weighted by Gasteiger charge is -2.19. The van der Waals surface area contributed by atoms with Crippen LogP contribution in [0.15, 0.2) is 36.4 Å². The Morgan fingerprint density at radius 2 is 1.82 bits per heavy atom. The van der Waals surface area contributed by atoms with Gasteiger partial charge in [-0.1, -0.05) is 51.1 Å². The summed E-state index contributed by atoms with van der Waals surface area (Å²) < 4.78 is 0. The number of hydrogen-bond donors (Lipinski definition) is 1. The molecule has 92 valence electrons. The van der Waals surface area contributed by atoms with Gasteiger partial charge in [-0.05, 0) is 29.5 Å². The predicted octanol–water partition coefficient (Wildman–Crippen LogP) is 3.18. The minimum Gasteiger partial charge on any atom is -0.348 e. The standard InChI is InChI=1S/C15H21NO/c1-5-6-14(17)16-11-12-7-9-13(10-8-12)15(2,3)4/h5-10H,11H2,1-4H3,(H,16,17)/b6-5+. The lowest BCUT2D eigenvalue weighted by molar-refractivity contribution is -0.116. The van der Waals surface area contributed by atoms with Gasteiger partial charge in [-0.2, -0.15) is 0 Å². The van der Waals surface area contributed by atoms with Crippen molar-refractivity contribution in [2.75, 3.05) is 0 Å². The second kappa shape index (κ2) is 5.67. The molecular weight excluding hydrogens is 210 g/mol. The Bertz CT molecular complexity index is 396. The predicted molar refractivity (Wildman–Crippen MR) is 71.8 cm³/mol. The smallest absolute Gasteiger partial charge is 0.243 e. The van der Waals surface area contributed by atoms with Crippen molar-refractivity contribution in [1.82, 2.24) is 5.32 Å². The molecule has 0 spiro atoms. The van der Waals surface area contributed by atoms with Crippen LogP contribution < -0.4 is 5.32 Å². The van der Waals surface area contributed by atoms with Gasteiger partial charge >= 0.3 is 0 Å². The summed E-state index contributed by atoms with van der Waals surface area (Å²) in [6.07, 6.45) is 3.27. The van der Waals surface area contributed by atoms with Crippen molar-refractivity contribution >= 4 is 5.91 Å². The van der Waals surface area contributed by atoms with E-state index in [2.05, 4.69) is 50.4 Å². The average molecular weight is 231 g/mol. The van der Waals surface area contributed by atoms with Crippen LogP contribution in [0.5, 0.6) is 0 Å². The molecule has 1 N–H and O–H groups in total. The van der Waals surface area contributed by atoms with Crippen LogP contribution in [-0.2, 0) is 16.8 Å². The summed E-state index contributed by atoms with van der Waals surface area (Å²) in [6, 6.07) is 8.38. The molecule has 0 aromatic heterocycles. The van der Waals surface area contributed by atoms with Crippen LogP contribution in [0.2, 0.25) is 0 Å². The summed E-state index contributed by atoms with van der Waals surface area (Å²) in [4.78, 5) is 11.2. The summed E-state index contributed by atoms with van der Waals surface area (Å²) >= 11 is 0. The van der Waals surface area contributed by atoms with Crippen molar-refractivity contribution in [2.45, 2.75) is 39.7 Å². The van der Waals surface area contributed by atoms with E-state index in [9.17, 15) is 4.79 Å². The first kappa shape index (κ1) is 13.5. The second-order valence-corrected chi connectivity index (χ2v) is 5.16. The topological polar surface area (TPSA) is 29.1 Å². The van der Waals surface area contributed by atoms with E-state index in [0.29, 0.717) is 6.54 Å². The Labute approximate surface area is 104 Å². The fourth-order valence-corrected chi connectivity index (χ4v) is 1.52. The van der Waals surface area contributed by atoms with Gasteiger partial charge < -0.3 is 5.32 Å². The molecule has 1 amide bonds. The van der Waals surface area contributed by atoms with E-state index in [1.54, 1.807) is 6.08 Å². The van der Waals surface area contributed by atoms with E-state index >= 15 is 0 Å². The first-order valence-electron chi connectivity index (χ1n) is 5.93. The number of benzene rings is 1. The third kappa shape index (κ3) is 4.43. The summed E-state index contributed by atoms with van der Waals surface area (Å²) in [5, 5.41) is 2.83. The van der Waals surface area contributed by atoms with Gasteiger partial charge in [-0.25, -0.2) is 0 Å². The van der Waals surface area contributed by atoms with Gasteiger partial charge in [-0.15, -0.1) is 0 Å². The zero-order valence-corrected chi connectivity index (χ0v) is 11.1. The van der Waals surface area contributed by atoms with Crippen LogP contribution >= 0.6 is 0 Å². The van der Waals surface area contributed by atoms with E-state index in [0.717, 1.165) is 5.56 Å². The Hall–Kier alpha value is -1.57. The Morgan fingerprint density at radius 1 is 1.24 bits per heavy atom. The molecule has 0 fully saturated rings. The number of rotatable bonds is 3. The van der Waals surface area contributed by atoms with Crippen LogP contribution in [0.4, 0.5) is 0 Å². The molecule has 0 aliphatic heterocycles. The van der Waals surface area contributed by atoms with E-state index in [1.165, 1.54) is 11.6 Å². The van der Waals surface area contributed by atoms with Gasteiger partial charge in [0.2, 0.25) is 5.91 Å². The molecule has 0 radical (unpaired) electrons. The number of carbonyl (C=O) groups is 1. The number of amides is 1. The molecule has 1 aromatic carbocycles. The maximum atomic E-state index is 11.2. The van der Waals surface area contributed by atoms with Gasteiger partial charge in [0.25, 0.3) is 0 Å². The highest BCUT2D eigenvalue weighted by Gasteiger charge is 2.12. The fraction of sp³-hybridized carbons (Fsp3) is 0.400. The van der Waals surface area contributed by atoms with Crippen molar-refractivity contribution < 1.29 is 4.79 Å². The fourth-order valence-electron chi connectivity index (χ4n) is 1.52. The highest BCUT2D eigenvalue weighted by molar-refractivity contribution is 5.87. The number of allylic oxidation sites excluding steroid dienone is 1. The molecule has 0 bridgehead atoms. The Balaban J connectivity index is 2.60. The summed E-state index contributed by atoms with van der Waals surface area (Å²) in [5.41, 5.74) is 2.60. The number of hydrogen-bond acceptors (Lipinski definition) is 1. The average Bonchev–Trinajstić information content (AvgIpc) is 2.26. The van der Waals surface area contributed by atoms with Crippen molar-refractivity contribution in [3.05, 3.63) is 47.5 Å². The van der Waals surface area contributed by atoms with Crippen LogP contribution in [-0.4, -0.2) is 5.91 Å². The summed E-state index contributed by atoms with van der Waals surface area (Å²) in [7, 11) is 0. The molecule has 0 unspecified atom stereocenters. The Kier molecular flexibility index (Phi) is 4.50. The van der Waals surface area contributed by atoms with Crippen LogP contribution in [0, 0.1) is 0 Å². The molecule has 1 rings (SSSR count). The highest BCUT2D eigenvalue weighted by Crippen LogP contribution is 2.22. The minimum absolute atomic E-state index is 0.0487. The third-order valence-corrected chi connectivity index (χ3v) is 2.60. The van der Waals surface area contributed by atoms with Crippen molar-refractivity contribution in [3.8, 4) is 0 Å². The van der Waals surface area contributed by atoms with Crippen LogP contribution in [0.3, 0.4) is 0 Å². The van der Waals surface area contributed by atoms with Gasteiger partial charge in [-0.3, -0.25) is 4.79 Å².